The first-order chi connectivity index (χ1) is 10.5. The maximum atomic E-state index is 12.9. The number of imidazole rings is 1. The molecular formula is C15H16ClN3O3. The molecule has 0 spiro atoms. The van der Waals surface area contributed by atoms with Crippen LogP contribution in [0.2, 0.25) is 5.15 Å². The monoisotopic (exact) mass is 321 g/mol. The number of halogens is 1. The van der Waals surface area contributed by atoms with E-state index in [0.29, 0.717) is 11.3 Å². The number of fused-ring (bicyclic) bond motifs is 1. The van der Waals surface area contributed by atoms with E-state index in [1.54, 1.807) is 34.6 Å². The minimum Gasteiger partial charge on any atom is -0.481 e. The average molecular weight is 322 g/mol. The van der Waals surface area contributed by atoms with Gasteiger partial charge in [0.2, 0.25) is 0 Å². The van der Waals surface area contributed by atoms with Crippen molar-refractivity contribution in [2.45, 2.75) is 25.8 Å². The van der Waals surface area contributed by atoms with Crippen LogP contribution in [-0.4, -0.2) is 43.9 Å². The van der Waals surface area contributed by atoms with Crippen molar-refractivity contribution < 1.29 is 14.7 Å². The SMILES string of the molecule is C[C@H](CN(C(=O)c1c(Cl)nc2ccccn12)C1CC1)C(=O)O. The standard InChI is InChI=1S/C15H16ClN3O3/c1-9(15(21)22)8-19(10-5-6-10)14(20)12-13(16)17-11-4-2-3-7-18(11)12/h2-4,7,9-10H,5-6,8H2,1H3,(H,21,22)/t9-/m1/s1. The Labute approximate surface area is 132 Å². The molecule has 3 rings (SSSR count). The van der Waals surface area contributed by atoms with Crippen LogP contribution in [0.15, 0.2) is 24.4 Å². The molecule has 7 heteroatoms. The summed E-state index contributed by atoms with van der Waals surface area (Å²) in [6, 6.07) is 5.48. The fraction of sp³-hybridized carbons (Fsp3) is 0.400. The average Bonchev–Trinajstić information content (AvgIpc) is 3.25. The molecule has 0 bridgehead atoms. The lowest BCUT2D eigenvalue weighted by molar-refractivity contribution is -0.141. The van der Waals surface area contributed by atoms with E-state index in [9.17, 15) is 9.59 Å². The van der Waals surface area contributed by atoms with Crippen LogP contribution in [0.25, 0.3) is 5.65 Å². The number of carbonyl (C=O) groups is 2. The van der Waals surface area contributed by atoms with Gasteiger partial charge in [-0.1, -0.05) is 24.6 Å². The van der Waals surface area contributed by atoms with Gasteiger partial charge < -0.3 is 10.0 Å². The lowest BCUT2D eigenvalue weighted by Gasteiger charge is -2.24. The Hall–Kier alpha value is -2.08. The minimum atomic E-state index is -0.914. The molecule has 0 aliphatic heterocycles. The smallest absolute Gasteiger partial charge is 0.308 e. The number of aliphatic carboxylic acids is 1. The predicted octanol–water partition coefficient (Wildman–Crippen LogP) is 2.31. The number of nitrogens with zero attached hydrogens (tertiary/aromatic N) is 3. The molecule has 1 aliphatic carbocycles. The summed E-state index contributed by atoms with van der Waals surface area (Å²) in [5.74, 6) is -1.80. The lowest BCUT2D eigenvalue weighted by Crippen LogP contribution is -2.39. The Morgan fingerprint density at radius 3 is 2.86 bits per heavy atom. The maximum Gasteiger partial charge on any atom is 0.308 e. The summed E-state index contributed by atoms with van der Waals surface area (Å²) in [6.45, 7) is 1.77. The van der Waals surface area contributed by atoms with Crippen molar-refractivity contribution in [1.82, 2.24) is 14.3 Å². The molecule has 116 valence electrons. The van der Waals surface area contributed by atoms with Gasteiger partial charge in [0.05, 0.1) is 5.92 Å². The second-order valence-corrected chi connectivity index (χ2v) is 5.97. The van der Waals surface area contributed by atoms with Gasteiger partial charge in [-0.15, -0.1) is 0 Å². The van der Waals surface area contributed by atoms with Crippen LogP contribution in [0, 0.1) is 5.92 Å². The first kappa shape index (κ1) is 14.8. The number of hydrogen-bond acceptors (Lipinski definition) is 3. The number of hydrogen-bond donors (Lipinski definition) is 1. The van der Waals surface area contributed by atoms with Crippen molar-refractivity contribution in [2.24, 2.45) is 5.92 Å². The highest BCUT2D eigenvalue weighted by Gasteiger charge is 2.36. The van der Waals surface area contributed by atoms with Crippen LogP contribution < -0.4 is 0 Å². The molecule has 1 saturated carbocycles. The Morgan fingerprint density at radius 2 is 2.23 bits per heavy atom. The lowest BCUT2D eigenvalue weighted by atomic mass is 10.1. The fourth-order valence-corrected chi connectivity index (χ4v) is 2.71. The third-order valence-electron chi connectivity index (χ3n) is 3.83. The first-order valence-electron chi connectivity index (χ1n) is 7.15. The van der Waals surface area contributed by atoms with Gasteiger partial charge in [-0.25, -0.2) is 4.98 Å². The van der Waals surface area contributed by atoms with Gasteiger partial charge in [-0.3, -0.25) is 14.0 Å². The van der Waals surface area contributed by atoms with Crippen molar-refractivity contribution >= 4 is 29.1 Å². The third kappa shape index (κ3) is 2.66. The van der Waals surface area contributed by atoms with Crippen LogP contribution in [-0.2, 0) is 4.79 Å². The Balaban J connectivity index is 1.95. The summed E-state index contributed by atoms with van der Waals surface area (Å²) in [6.07, 6.45) is 3.52. The van der Waals surface area contributed by atoms with Crippen LogP contribution in [0.5, 0.6) is 0 Å². The van der Waals surface area contributed by atoms with Crippen molar-refractivity contribution in [1.29, 1.82) is 0 Å². The molecule has 1 fully saturated rings. The van der Waals surface area contributed by atoms with Crippen molar-refractivity contribution in [3.8, 4) is 0 Å². The van der Waals surface area contributed by atoms with Crippen molar-refractivity contribution in [3.63, 3.8) is 0 Å². The molecule has 1 amide bonds. The van der Waals surface area contributed by atoms with Crippen molar-refractivity contribution in [3.05, 3.63) is 35.2 Å². The van der Waals surface area contributed by atoms with E-state index in [1.807, 2.05) is 6.07 Å². The van der Waals surface area contributed by atoms with E-state index in [1.165, 1.54) is 0 Å². The van der Waals surface area contributed by atoms with Gasteiger partial charge in [0, 0.05) is 18.8 Å². The molecule has 1 atom stereocenters. The van der Waals surface area contributed by atoms with Gasteiger partial charge in [0.15, 0.2) is 10.8 Å². The summed E-state index contributed by atoms with van der Waals surface area (Å²) in [4.78, 5) is 29.7. The number of carboxylic acid groups (broad SMARTS) is 1. The summed E-state index contributed by atoms with van der Waals surface area (Å²) < 4.78 is 1.64. The molecule has 1 aliphatic rings. The number of pyridine rings is 1. The van der Waals surface area contributed by atoms with E-state index in [-0.39, 0.29) is 23.6 Å². The van der Waals surface area contributed by atoms with Gasteiger partial charge in [0.1, 0.15) is 5.65 Å². The fourth-order valence-electron chi connectivity index (χ4n) is 2.45. The summed E-state index contributed by atoms with van der Waals surface area (Å²) in [5.41, 5.74) is 0.889. The molecule has 2 aromatic rings. The van der Waals surface area contributed by atoms with Crippen LogP contribution in [0.1, 0.15) is 30.3 Å². The normalized spacial score (nSPS) is 15.7. The maximum absolute atomic E-state index is 12.9. The van der Waals surface area contributed by atoms with Gasteiger partial charge in [-0.2, -0.15) is 0 Å². The van der Waals surface area contributed by atoms with Gasteiger partial charge >= 0.3 is 5.97 Å². The highest BCUT2D eigenvalue weighted by Crippen LogP contribution is 2.30. The number of rotatable bonds is 5. The third-order valence-corrected chi connectivity index (χ3v) is 4.09. The largest absolute Gasteiger partial charge is 0.481 e. The molecule has 0 saturated heterocycles. The molecule has 0 aromatic carbocycles. The predicted molar refractivity (Wildman–Crippen MR) is 81.1 cm³/mol. The zero-order valence-corrected chi connectivity index (χ0v) is 12.8. The number of carbonyl (C=O) groups excluding carboxylic acids is 1. The number of aromatic nitrogens is 2. The van der Waals surface area contributed by atoms with E-state index >= 15 is 0 Å². The first-order valence-corrected chi connectivity index (χ1v) is 7.53. The van der Waals surface area contributed by atoms with Gasteiger partial charge in [0.25, 0.3) is 5.91 Å². The molecule has 6 nitrogen and oxygen atoms in total. The Bertz CT molecular complexity index is 739. The highest BCUT2D eigenvalue weighted by molar-refractivity contribution is 6.32. The van der Waals surface area contributed by atoms with Crippen LogP contribution in [0.4, 0.5) is 0 Å². The highest BCUT2D eigenvalue weighted by atomic mass is 35.5. The molecule has 0 radical (unpaired) electrons. The van der Waals surface area contributed by atoms with E-state index in [4.69, 9.17) is 16.7 Å². The molecule has 22 heavy (non-hydrogen) atoms. The molecular weight excluding hydrogens is 306 g/mol. The quantitative estimate of drug-likeness (QED) is 0.917. The number of amides is 1. The van der Waals surface area contributed by atoms with E-state index in [0.717, 1.165) is 12.8 Å². The number of carboxylic acids is 1. The second kappa shape index (κ2) is 5.61. The van der Waals surface area contributed by atoms with E-state index in [2.05, 4.69) is 4.98 Å². The van der Waals surface area contributed by atoms with E-state index < -0.39 is 11.9 Å². The zero-order chi connectivity index (χ0) is 15.9. The van der Waals surface area contributed by atoms with Crippen molar-refractivity contribution in [2.75, 3.05) is 6.54 Å². The molecule has 2 aromatic heterocycles. The van der Waals surface area contributed by atoms with Gasteiger partial charge in [-0.05, 0) is 25.0 Å². The Morgan fingerprint density at radius 1 is 1.50 bits per heavy atom. The second-order valence-electron chi connectivity index (χ2n) is 5.61. The Kier molecular flexibility index (Phi) is 3.78. The molecule has 0 unspecified atom stereocenters. The molecule has 2 heterocycles. The zero-order valence-electron chi connectivity index (χ0n) is 12.1. The topological polar surface area (TPSA) is 74.9 Å². The minimum absolute atomic E-state index is 0.0969. The van der Waals surface area contributed by atoms with Crippen LogP contribution >= 0.6 is 11.6 Å². The summed E-state index contributed by atoms with van der Waals surface area (Å²) in [5, 5.41) is 9.23. The summed E-state index contributed by atoms with van der Waals surface area (Å²) >= 11 is 6.13. The summed E-state index contributed by atoms with van der Waals surface area (Å²) in [7, 11) is 0. The van der Waals surface area contributed by atoms with Crippen LogP contribution in [0.3, 0.4) is 0 Å². The molecule has 1 N–H and O–H groups in total.